The van der Waals surface area contributed by atoms with Crippen molar-refractivity contribution in [1.82, 2.24) is 14.9 Å². The molecule has 0 saturated carbocycles. The van der Waals surface area contributed by atoms with Crippen molar-refractivity contribution in [3.05, 3.63) is 17.6 Å². The van der Waals surface area contributed by atoms with Crippen molar-refractivity contribution in [2.45, 2.75) is 43.7 Å². The molecule has 2 N–H and O–H groups in total. The molecule has 1 aromatic rings. The second-order valence-corrected chi connectivity index (χ2v) is 7.90. The lowest BCUT2D eigenvalue weighted by atomic mass is 10.00. The standard InChI is InChI=1S/C14H23N3O4S.ClH/c1-9-11(6-5-7-15-9)16-14(18)12-8-13(10(2)21-12)22(19,20)17(3)4;/h8-9,11,15H,5-7H2,1-4H3,(H,16,18);1H. The van der Waals surface area contributed by atoms with Crippen LogP contribution in [-0.4, -0.2) is 51.4 Å². The Morgan fingerprint density at radius 2 is 2.09 bits per heavy atom. The third kappa shape index (κ3) is 4.26. The first-order chi connectivity index (χ1) is 10.2. The fraction of sp³-hybridized carbons (Fsp3) is 0.643. The van der Waals surface area contributed by atoms with Gasteiger partial charge in [-0.05, 0) is 33.2 Å². The monoisotopic (exact) mass is 365 g/mol. The second-order valence-electron chi connectivity index (χ2n) is 5.78. The number of hydrogen-bond donors (Lipinski definition) is 2. The smallest absolute Gasteiger partial charge is 0.287 e. The normalized spacial score (nSPS) is 21.8. The summed E-state index contributed by atoms with van der Waals surface area (Å²) >= 11 is 0. The summed E-state index contributed by atoms with van der Waals surface area (Å²) in [6.45, 7) is 4.50. The van der Waals surface area contributed by atoms with E-state index in [0.29, 0.717) is 0 Å². The van der Waals surface area contributed by atoms with Crippen molar-refractivity contribution in [1.29, 1.82) is 0 Å². The summed E-state index contributed by atoms with van der Waals surface area (Å²) in [5.74, 6) is -0.145. The maximum atomic E-state index is 12.3. The topological polar surface area (TPSA) is 91.6 Å². The van der Waals surface area contributed by atoms with Gasteiger partial charge in [0.2, 0.25) is 10.0 Å². The van der Waals surface area contributed by atoms with E-state index in [4.69, 9.17) is 4.42 Å². The Bertz CT molecular complexity index is 657. The zero-order valence-electron chi connectivity index (χ0n) is 13.8. The summed E-state index contributed by atoms with van der Waals surface area (Å²) in [5, 5.41) is 6.20. The molecule has 0 aromatic carbocycles. The van der Waals surface area contributed by atoms with Gasteiger partial charge in [0.1, 0.15) is 10.7 Å². The molecule has 2 atom stereocenters. The first-order valence-corrected chi connectivity index (χ1v) is 8.74. The molecule has 2 heterocycles. The molecule has 2 rings (SSSR count). The van der Waals surface area contributed by atoms with Crippen LogP contribution in [0.5, 0.6) is 0 Å². The number of carbonyl (C=O) groups excluding carboxylic acids is 1. The molecule has 1 fully saturated rings. The molecule has 23 heavy (non-hydrogen) atoms. The van der Waals surface area contributed by atoms with E-state index in [9.17, 15) is 13.2 Å². The van der Waals surface area contributed by atoms with E-state index in [0.717, 1.165) is 23.7 Å². The van der Waals surface area contributed by atoms with Crippen molar-refractivity contribution in [2.75, 3.05) is 20.6 Å². The summed E-state index contributed by atoms with van der Waals surface area (Å²) < 4.78 is 30.8. The SMILES string of the molecule is Cc1oc(C(=O)NC2CCCNC2C)cc1S(=O)(=O)N(C)C.Cl. The fourth-order valence-corrected chi connectivity index (χ4v) is 3.57. The molecule has 0 spiro atoms. The Balaban J connectivity index is 0.00000264. The fourth-order valence-electron chi connectivity index (χ4n) is 2.51. The molecule has 1 aliphatic rings. The lowest BCUT2D eigenvalue weighted by molar-refractivity contribution is 0.0890. The molecule has 1 amide bonds. The molecule has 1 aliphatic heterocycles. The average Bonchev–Trinajstić information content (AvgIpc) is 2.84. The number of furan rings is 1. The quantitative estimate of drug-likeness (QED) is 0.834. The number of sulfonamides is 1. The Morgan fingerprint density at radius 3 is 2.65 bits per heavy atom. The first kappa shape index (κ1) is 20.0. The van der Waals surface area contributed by atoms with Gasteiger partial charge in [0, 0.05) is 32.2 Å². The number of nitrogens with zero attached hydrogens (tertiary/aromatic N) is 1. The van der Waals surface area contributed by atoms with Gasteiger partial charge in [-0.3, -0.25) is 4.79 Å². The molecular formula is C14H24ClN3O4S. The van der Waals surface area contributed by atoms with Crippen LogP contribution in [-0.2, 0) is 10.0 Å². The molecule has 7 nitrogen and oxygen atoms in total. The van der Waals surface area contributed by atoms with Gasteiger partial charge >= 0.3 is 0 Å². The number of nitrogens with one attached hydrogen (secondary N) is 2. The van der Waals surface area contributed by atoms with Crippen LogP contribution in [0.1, 0.15) is 36.1 Å². The largest absolute Gasteiger partial charge is 0.455 e. The summed E-state index contributed by atoms with van der Waals surface area (Å²) in [4.78, 5) is 12.3. The molecule has 0 radical (unpaired) electrons. The minimum Gasteiger partial charge on any atom is -0.455 e. The van der Waals surface area contributed by atoms with Gasteiger partial charge in [-0.25, -0.2) is 12.7 Å². The second kappa shape index (κ2) is 7.65. The number of halogens is 1. The van der Waals surface area contributed by atoms with Crippen LogP contribution in [0.25, 0.3) is 0 Å². The number of rotatable bonds is 4. The Labute approximate surface area is 143 Å². The third-order valence-electron chi connectivity index (χ3n) is 3.93. The van der Waals surface area contributed by atoms with Gasteiger partial charge in [0.15, 0.2) is 5.76 Å². The van der Waals surface area contributed by atoms with Gasteiger partial charge in [-0.2, -0.15) is 0 Å². The molecule has 1 saturated heterocycles. The zero-order chi connectivity index (χ0) is 16.5. The Kier molecular flexibility index (Phi) is 6.64. The summed E-state index contributed by atoms with van der Waals surface area (Å²) in [6.07, 6.45) is 1.88. The predicted octanol–water partition coefficient (Wildman–Crippen LogP) is 1.13. The summed E-state index contributed by atoms with van der Waals surface area (Å²) in [6, 6.07) is 1.49. The van der Waals surface area contributed by atoms with E-state index < -0.39 is 10.0 Å². The highest BCUT2D eigenvalue weighted by molar-refractivity contribution is 7.89. The average molecular weight is 366 g/mol. The highest BCUT2D eigenvalue weighted by Crippen LogP contribution is 2.22. The number of aryl methyl sites for hydroxylation is 1. The van der Waals surface area contributed by atoms with Gasteiger partial charge in [-0.15, -0.1) is 12.4 Å². The molecule has 2 unspecified atom stereocenters. The number of carbonyl (C=O) groups is 1. The summed E-state index contributed by atoms with van der Waals surface area (Å²) in [5.41, 5.74) is 0. The van der Waals surface area contributed by atoms with Crippen LogP contribution in [0, 0.1) is 6.92 Å². The van der Waals surface area contributed by atoms with Crippen LogP contribution in [0.2, 0.25) is 0 Å². The van der Waals surface area contributed by atoms with Crippen molar-refractivity contribution < 1.29 is 17.6 Å². The van der Waals surface area contributed by atoms with Crippen molar-refractivity contribution in [3.8, 4) is 0 Å². The Morgan fingerprint density at radius 1 is 1.43 bits per heavy atom. The van der Waals surface area contributed by atoms with Crippen LogP contribution < -0.4 is 10.6 Å². The molecule has 9 heteroatoms. The van der Waals surface area contributed by atoms with Gasteiger partial charge in [0.05, 0.1) is 0 Å². The minimum atomic E-state index is -3.62. The molecule has 0 aliphatic carbocycles. The van der Waals surface area contributed by atoms with E-state index >= 15 is 0 Å². The maximum Gasteiger partial charge on any atom is 0.287 e. The Hall–Kier alpha value is -1.09. The van der Waals surface area contributed by atoms with E-state index in [2.05, 4.69) is 10.6 Å². The molecular weight excluding hydrogens is 342 g/mol. The lowest BCUT2D eigenvalue weighted by Crippen LogP contribution is -2.51. The maximum absolute atomic E-state index is 12.3. The van der Waals surface area contributed by atoms with E-state index in [1.165, 1.54) is 27.1 Å². The van der Waals surface area contributed by atoms with E-state index in [-0.39, 0.29) is 46.8 Å². The van der Waals surface area contributed by atoms with Crippen molar-refractivity contribution in [2.24, 2.45) is 0 Å². The highest BCUT2D eigenvalue weighted by atomic mass is 35.5. The predicted molar refractivity (Wildman–Crippen MR) is 89.5 cm³/mol. The molecule has 132 valence electrons. The molecule has 0 bridgehead atoms. The van der Waals surface area contributed by atoms with E-state index in [1.807, 2.05) is 6.92 Å². The summed E-state index contributed by atoms with van der Waals surface area (Å²) in [7, 11) is -0.734. The minimum absolute atomic E-state index is 0. The van der Waals surface area contributed by atoms with Crippen molar-refractivity contribution >= 4 is 28.3 Å². The van der Waals surface area contributed by atoms with Crippen LogP contribution >= 0.6 is 12.4 Å². The zero-order valence-corrected chi connectivity index (χ0v) is 15.4. The number of amides is 1. The third-order valence-corrected chi connectivity index (χ3v) is 5.86. The van der Waals surface area contributed by atoms with Crippen molar-refractivity contribution in [3.63, 3.8) is 0 Å². The van der Waals surface area contributed by atoms with Crippen LogP contribution in [0.3, 0.4) is 0 Å². The van der Waals surface area contributed by atoms with Crippen LogP contribution in [0.15, 0.2) is 15.4 Å². The highest BCUT2D eigenvalue weighted by Gasteiger charge is 2.28. The number of hydrogen-bond acceptors (Lipinski definition) is 5. The molecule has 1 aromatic heterocycles. The van der Waals surface area contributed by atoms with Gasteiger partial charge < -0.3 is 15.1 Å². The van der Waals surface area contributed by atoms with Gasteiger partial charge in [-0.1, -0.05) is 0 Å². The lowest BCUT2D eigenvalue weighted by Gasteiger charge is -2.30. The van der Waals surface area contributed by atoms with Gasteiger partial charge in [0.25, 0.3) is 5.91 Å². The number of piperidine rings is 1. The van der Waals surface area contributed by atoms with Crippen LogP contribution in [0.4, 0.5) is 0 Å². The first-order valence-electron chi connectivity index (χ1n) is 7.30. The van der Waals surface area contributed by atoms with E-state index in [1.54, 1.807) is 0 Å².